The Morgan fingerprint density at radius 1 is 1.31 bits per heavy atom. The molecule has 168 valence electrons. The standard InChI is InChI=1S/C10H11BrN2O2.C6H13N.C3H6.2C2H6/c11-9-3-1-2-8(4-9)5-13-10(15)6-12-7-14;1-6-4-3-5-7(6)2;1-3-2;2*1-2/h1-4,7H,5-6H2,(H,12,14)(H,13,15);6H,3-5H2,1-2H3;3H,1H2,2H3;2*1-2H3. The van der Waals surface area contributed by atoms with E-state index in [1.807, 2.05) is 58.9 Å². The first-order chi connectivity index (χ1) is 13.9. The van der Waals surface area contributed by atoms with Crippen molar-refractivity contribution >= 4 is 28.2 Å². The molecule has 0 radical (unpaired) electrons. The fraction of sp³-hybridized carbons (Fsp3) is 0.565. The number of carbonyl (C=O) groups is 2. The molecule has 2 amide bonds. The lowest BCUT2D eigenvalue weighted by molar-refractivity contribution is -0.122. The Morgan fingerprint density at radius 3 is 2.28 bits per heavy atom. The van der Waals surface area contributed by atoms with Crippen molar-refractivity contribution in [2.45, 2.75) is 67.0 Å². The molecule has 0 aromatic heterocycles. The van der Waals surface area contributed by atoms with Crippen LogP contribution in [-0.2, 0) is 16.1 Å². The van der Waals surface area contributed by atoms with Gasteiger partial charge in [-0.05, 0) is 58.0 Å². The Morgan fingerprint density at radius 2 is 1.90 bits per heavy atom. The van der Waals surface area contributed by atoms with E-state index in [1.54, 1.807) is 6.08 Å². The molecule has 1 unspecified atom stereocenters. The van der Waals surface area contributed by atoms with Crippen molar-refractivity contribution in [3.8, 4) is 0 Å². The van der Waals surface area contributed by atoms with Gasteiger partial charge in [0.2, 0.25) is 12.3 Å². The number of hydrogen-bond donors (Lipinski definition) is 2. The molecule has 1 aliphatic heterocycles. The number of benzene rings is 1. The van der Waals surface area contributed by atoms with Crippen LogP contribution in [-0.4, -0.2) is 43.4 Å². The minimum Gasteiger partial charge on any atom is -0.350 e. The van der Waals surface area contributed by atoms with Crippen LogP contribution in [0.5, 0.6) is 0 Å². The van der Waals surface area contributed by atoms with Crippen LogP contribution in [0.15, 0.2) is 41.4 Å². The molecule has 2 rings (SSSR count). The zero-order valence-corrected chi connectivity index (χ0v) is 21.0. The highest BCUT2D eigenvalue weighted by Crippen LogP contribution is 2.12. The van der Waals surface area contributed by atoms with E-state index in [0.29, 0.717) is 13.0 Å². The van der Waals surface area contributed by atoms with Gasteiger partial charge in [-0.2, -0.15) is 0 Å². The van der Waals surface area contributed by atoms with E-state index >= 15 is 0 Å². The van der Waals surface area contributed by atoms with Crippen LogP contribution < -0.4 is 10.6 Å². The number of hydrogen-bond acceptors (Lipinski definition) is 3. The van der Waals surface area contributed by atoms with E-state index in [0.717, 1.165) is 16.1 Å². The predicted molar refractivity (Wildman–Crippen MR) is 130 cm³/mol. The van der Waals surface area contributed by atoms with Crippen molar-refractivity contribution in [1.82, 2.24) is 15.5 Å². The Kier molecular flexibility index (Phi) is 26.9. The molecule has 2 N–H and O–H groups in total. The van der Waals surface area contributed by atoms with Gasteiger partial charge in [-0.3, -0.25) is 9.59 Å². The summed E-state index contributed by atoms with van der Waals surface area (Å²) in [5.41, 5.74) is 1.00. The Bertz CT molecular complexity index is 517. The summed E-state index contributed by atoms with van der Waals surface area (Å²) >= 11 is 3.34. The number of carbonyl (C=O) groups excluding carboxylic acids is 2. The van der Waals surface area contributed by atoms with Gasteiger partial charge in [0.15, 0.2) is 0 Å². The first-order valence-electron chi connectivity index (χ1n) is 10.4. The molecule has 0 spiro atoms. The number of likely N-dealkylation sites (tertiary alicyclic amines) is 1. The van der Waals surface area contributed by atoms with Gasteiger partial charge < -0.3 is 15.5 Å². The van der Waals surface area contributed by atoms with E-state index in [1.165, 1.54) is 19.4 Å². The first-order valence-corrected chi connectivity index (χ1v) is 11.2. The lowest BCUT2D eigenvalue weighted by Crippen LogP contribution is -2.32. The SMILES string of the molecule is C=CC.CC.CC.CC1CCCN1C.O=CNCC(=O)NCc1cccc(Br)c1. The summed E-state index contributed by atoms with van der Waals surface area (Å²) < 4.78 is 0.972. The van der Waals surface area contributed by atoms with Crippen molar-refractivity contribution in [2.75, 3.05) is 20.1 Å². The molecule has 1 saturated heterocycles. The summed E-state index contributed by atoms with van der Waals surface area (Å²) in [6.07, 6.45) is 5.05. The summed E-state index contributed by atoms with van der Waals surface area (Å²) in [4.78, 5) is 23.4. The van der Waals surface area contributed by atoms with Gasteiger partial charge in [-0.1, -0.05) is 61.8 Å². The molecule has 0 aliphatic carbocycles. The fourth-order valence-corrected chi connectivity index (χ4v) is 2.57. The highest BCUT2D eigenvalue weighted by Gasteiger charge is 2.14. The molecule has 1 heterocycles. The Labute approximate surface area is 187 Å². The zero-order valence-electron chi connectivity index (χ0n) is 19.4. The van der Waals surface area contributed by atoms with E-state index in [4.69, 9.17) is 0 Å². The lowest BCUT2D eigenvalue weighted by atomic mass is 10.2. The topological polar surface area (TPSA) is 61.4 Å². The van der Waals surface area contributed by atoms with Crippen LogP contribution in [0.3, 0.4) is 0 Å². The Balaban J connectivity index is -0.000000401. The number of amides is 2. The van der Waals surface area contributed by atoms with Gasteiger partial charge in [0.25, 0.3) is 0 Å². The summed E-state index contributed by atoms with van der Waals surface area (Å²) in [6, 6.07) is 8.50. The van der Waals surface area contributed by atoms with Gasteiger partial charge in [0.05, 0.1) is 6.54 Å². The van der Waals surface area contributed by atoms with E-state index in [2.05, 4.69) is 52.0 Å². The van der Waals surface area contributed by atoms with Crippen LogP contribution in [0.25, 0.3) is 0 Å². The molecular weight excluding hydrogens is 430 g/mol. The van der Waals surface area contributed by atoms with Gasteiger partial charge in [-0.25, -0.2) is 0 Å². The lowest BCUT2D eigenvalue weighted by Gasteiger charge is -2.12. The van der Waals surface area contributed by atoms with Crippen molar-refractivity contribution in [3.63, 3.8) is 0 Å². The number of nitrogens with one attached hydrogen (secondary N) is 2. The van der Waals surface area contributed by atoms with Gasteiger partial charge in [0, 0.05) is 17.1 Å². The number of nitrogens with zero attached hydrogens (tertiary/aromatic N) is 1. The monoisotopic (exact) mass is 471 g/mol. The minimum atomic E-state index is -0.206. The fourth-order valence-electron chi connectivity index (χ4n) is 2.12. The number of rotatable bonds is 5. The van der Waals surface area contributed by atoms with Gasteiger partial charge >= 0.3 is 0 Å². The largest absolute Gasteiger partial charge is 0.350 e. The van der Waals surface area contributed by atoms with Crippen LogP contribution in [0.2, 0.25) is 0 Å². The molecule has 6 heteroatoms. The molecule has 0 saturated carbocycles. The first kappa shape index (κ1) is 32.0. The third kappa shape index (κ3) is 20.9. The number of halogens is 1. The summed E-state index contributed by atoms with van der Waals surface area (Å²) in [5.74, 6) is -0.206. The smallest absolute Gasteiger partial charge is 0.239 e. The summed E-state index contributed by atoms with van der Waals surface area (Å²) in [5, 5.41) is 4.97. The van der Waals surface area contributed by atoms with E-state index < -0.39 is 0 Å². The van der Waals surface area contributed by atoms with Gasteiger partial charge in [0.1, 0.15) is 0 Å². The maximum Gasteiger partial charge on any atom is 0.239 e. The third-order valence-electron chi connectivity index (χ3n) is 3.61. The molecular formula is C23H42BrN3O2. The average Bonchev–Trinajstić information content (AvgIpc) is 3.11. The van der Waals surface area contributed by atoms with Crippen LogP contribution in [0, 0.1) is 0 Å². The minimum absolute atomic E-state index is 0.0114. The normalized spacial score (nSPS) is 14.0. The van der Waals surface area contributed by atoms with Crippen molar-refractivity contribution in [3.05, 3.63) is 47.0 Å². The van der Waals surface area contributed by atoms with Crippen molar-refractivity contribution in [2.24, 2.45) is 0 Å². The van der Waals surface area contributed by atoms with Crippen LogP contribution in [0.1, 0.15) is 59.9 Å². The van der Waals surface area contributed by atoms with Crippen molar-refractivity contribution < 1.29 is 9.59 Å². The molecule has 1 aliphatic rings. The second kappa shape index (κ2) is 24.4. The van der Waals surface area contributed by atoms with E-state index in [-0.39, 0.29) is 12.5 Å². The quantitative estimate of drug-likeness (QED) is 0.460. The van der Waals surface area contributed by atoms with Crippen molar-refractivity contribution in [1.29, 1.82) is 0 Å². The second-order valence-corrected chi connectivity index (χ2v) is 6.70. The Hall–Kier alpha value is -1.66. The predicted octanol–water partition coefficient (Wildman–Crippen LogP) is 5.16. The highest BCUT2D eigenvalue weighted by atomic mass is 79.9. The van der Waals surface area contributed by atoms with Crippen LogP contribution >= 0.6 is 15.9 Å². The van der Waals surface area contributed by atoms with E-state index in [9.17, 15) is 9.59 Å². The zero-order chi connectivity index (χ0) is 23.1. The molecule has 5 nitrogen and oxygen atoms in total. The number of allylic oxidation sites excluding steroid dienone is 1. The van der Waals surface area contributed by atoms with Gasteiger partial charge in [-0.15, -0.1) is 6.58 Å². The molecule has 1 atom stereocenters. The highest BCUT2D eigenvalue weighted by molar-refractivity contribution is 9.10. The molecule has 1 aromatic rings. The molecule has 29 heavy (non-hydrogen) atoms. The summed E-state index contributed by atoms with van der Waals surface area (Å²) in [7, 11) is 2.19. The van der Waals surface area contributed by atoms with Crippen LogP contribution in [0.4, 0.5) is 0 Å². The summed E-state index contributed by atoms with van der Waals surface area (Å²) in [6.45, 7) is 17.3. The average molecular weight is 473 g/mol. The molecule has 0 bridgehead atoms. The molecule has 1 aromatic carbocycles. The molecule has 1 fully saturated rings. The maximum atomic E-state index is 11.1. The maximum absolute atomic E-state index is 11.1. The second-order valence-electron chi connectivity index (χ2n) is 5.79. The third-order valence-corrected chi connectivity index (χ3v) is 4.10.